The van der Waals surface area contributed by atoms with Gasteiger partial charge in [0, 0.05) is 23.7 Å². The van der Waals surface area contributed by atoms with Crippen molar-refractivity contribution in [3.05, 3.63) is 48.5 Å². The number of amides is 2. The lowest BCUT2D eigenvalue weighted by Gasteiger charge is -2.24. The molecule has 0 bridgehead atoms. The summed E-state index contributed by atoms with van der Waals surface area (Å²) in [7, 11) is -2.61. The van der Waals surface area contributed by atoms with Crippen LogP contribution in [0.1, 0.15) is 34.6 Å². The minimum Gasteiger partial charge on any atom is -0.497 e. The van der Waals surface area contributed by atoms with Crippen LogP contribution in [0.2, 0.25) is 0 Å². The first-order valence-corrected chi connectivity index (χ1v) is 11.7. The average Bonchev–Trinajstić information content (AvgIpc) is 2.75. The molecule has 0 saturated carbocycles. The summed E-state index contributed by atoms with van der Waals surface area (Å²) in [6.07, 6.45) is 0. The molecule has 178 valence electrons. The zero-order valence-electron chi connectivity index (χ0n) is 19.7. The molecule has 0 saturated heterocycles. The van der Waals surface area contributed by atoms with Crippen LogP contribution in [0.3, 0.4) is 0 Å². The maximum atomic E-state index is 13.4. The van der Waals surface area contributed by atoms with Crippen molar-refractivity contribution in [2.45, 2.75) is 39.5 Å². The highest BCUT2D eigenvalue weighted by Gasteiger charge is 2.27. The molecule has 9 nitrogen and oxygen atoms in total. The number of nitrogens with one attached hydrogen (secondary N) is 2. The molecule has 2 amide bonds. The Kier molecular flexibility index (Phi) is 8.21. The summed E-state index contributed by atoms with van der Waals surface area (Å²) in [6, 6.07) is 12.0. The van der Waals surface area contributed by atoms with Crippen molar-refractivity contribution in [3.8, 4) is 5.75 Å². The highest BCUT2D eigenvalue weighted by atomic mass is 32.2. The summed E-state index contributed by atoms with van der Waals surface area (Å²) in [5, 5.41) is 6.69. The molecule has 2 aromatic rings. The Bertz CT molecular complexity index is 1120. The minimum atomic E-state index is -4.11. The van der Waals surface area contributed by atoms with E-state index in [-0.39, 0.29) is 21.9 Å². The van der Waals surface area contributed by atoms with Gasteiger partial charge in [-0.2, -0.15) is 5.10 Å². The molecule has 0 aliphatic rings. The lowest BCUT2D eigenvalue weighted by Crippen LogP contribution is -2.40. The minimum absolute atomic E-state index is 0.0328. The zero-order chi connectivity index (χ0) is 24.8. The van der Waals surface area contributed by atoms with Crippen LogP contribution in [-0.2, 0) is 19.6 Å². The van der Waals surface area contributed by atoms with E-state index in [2.05, 4.69) is 15.8 Å². The number of ether oxygens (including phenoxy) is 1. The van der Waals surface area contributed by atoms with Crippen molar-refractivity contribution in [2.24, 2.45) is 10.5 Å². The van der Waals surface area contributed by atoms with Crippen LogP contribution in [0.15, 0.2) is 58.5 Å². The van der Waals surface area contributed by atoms with E-state index in [1.54, 1.807) is 31.2 Å². The van der Waals surface area contributed by atoms with E-state index in [1.807, 2.05) is 20.8 Å². The van der Waals surface area contributed by atoms with Gasteiger partial charge in [0.15, 0.2) is 0 Å². The van der Waals surface area contributed by atoms with Gasteiger partial charge in [-0.3, -0.25) is 13.9 Å². The maximum absolute atomic E-state index is 13.4. The normalized spacial score (nSPS) is 12.1. The summed E-state index contributed by atoms with van der Waals surface area (Å²) in [5.41, 5.74) is 3.63. The number of anilines is 2. The number of rotatable bonds is 8. The highest BCUT2D eigenvalue weighted by Crippen LogP contribution is 2.26. The number of sulfonamides is 1. The summed E-state index contributed by atoms with van der Waals surface area (Å²) >= 11 is 0. The second-order valence-corrected chi connectivity index (χ2v) is 10.3. The predicted molar refractivity (Wildman–Crippen MR) is 129 cm³/mol. The van der Waals surface area contributed by atoms with Crippen molar-refractivity contribution < 1.29 is 22.7 Å². The third-order valence-corrected chi connectivity index (χ3v) is 6.63. The zero-order valence-corrected chi connectivity index (χ0v) is 20.5. The first-order chi connectivity index (χ1) is 15.3. The Labute approximate surface area is 194 Å². The molecule has 0 unspecified atom stereocenters. The smallest absolute Gasteiger partial charge is 0.264 e. The van der Waals surface area contributed by atoms with Gasteiger partial charge in [0.1, 0.15) is 12.3 Å². The van der Waals surface area contributed by atoms with Gasteiger partial charge in [-0.1, -0.05) is 20.8 Å². The van der Waals surface area contributed by atoms with Crippen LogP contribution >= 0.6 is 0 Å². The van der Waals surface area contributed by atoms with E-state index in [0.717, 1.165) is 4.31 Å². The van der Waals surface area contributed by atoms with E-state index in [1.165, 1.54) is 38.3 Å². The van der Waals surface area contributed by atoms with Crippen LogP contribution in [0, 0.1) is 5.41 Å². The Morgan fingerprint density at radius 1 is 1.00 bits per heavy atom. The number of hydrogen-bond donors (Lipinski definition) is 2. The monoisotopic (exact) mass is 474 g/mol. The molecule has 10 heteroatoms. The van der Waals surface area contributed by atoms with Gasteiger partial charge in [0.25, 0.3) is 15.9 Å². The average molecular weight is 475 g/mol. The molecule has 33 heavy (non-hydrogen) atoms. The molecule has 0 fully saturated rings. The molecule has 0 aliphatic heterocycles. The molecule has 2 N–H and O–H groups in total. The number of nitrogens with zero attached hydrogens (tertiary/aromatic N) is 2. The highest BCUT2D eigenvalue weighted by molar-refractivity contribution is 7.92. The number of carbonyl (C=O) groups excluding carboxylic acids is 2. The van der Waals surface area contributed by atoms with Gasteiger partial charge in [0.05, 0.1) is 17.7 Å². The largest absolute Gasteiger partial charge is 0.497 e. The second kappa shape index (κ2) is 10.5. The standard InChI is InChI=1S/C23H30N4O5S/c1-16(23(3,4)5)25-26-22(29)15-27(19-9-11-20(32-6)12-10-19)33(30,31)21-13-7-18(8-14-21)24-17(2)28/h7-14H,15H2,1-6H3,(H,24,28)(H,26,29)/b25-16-. The lowest BCUT2D eigenvalue weighted by atomic mass is 9.91. The molecule has 0 spiro atoms. The molecule has 2 aromatic carbocycles. The molecule has 0 aliphatic carbocycles. The number of hydrazone groups is 1. The lowest BCUT2D eigenvalue weighted by molar-refractivity contribution is -0.119. The van der Waals surface area contributed by atoms with E-state index in [0.29, 0.717) is 17.1 Å². The van der Waals surface area contributed by atoms with Crippen molar-refractivity contribution >= 4 is 38.9 Å². The van der Waals surface area contributed by atoms with E-state index in [9.17, 15) is 18.0 Å². The van der Waals surface area contributed by atoms with Gasteiger partial charge < -0.3 is 10.1 Å². The van der Waals surface area contributed by atoms with E-state index >= 15 is 0 Å². The van der Waals surface area contributed by atoms with Gasteiger partial charge in [-0.25, -0.2) is 13.8 Å². The first-order valence-electron chi connectivity index (χ1n) is 10.2. The fourth-order valence-corrected chi connectivity index (χ4v) is 4.00. The van der Waals surface area contributed by atoms with Gasteiger partial charge in [-0.15, -0.1) is 0 Å². The number of methoxy groups -OCH3 is 1. The van der Waals surface area contributed by atoms with Crippen LogP contribution < -0.4 is 19.8 Å². The number of hydrogen-bond acceptors (Lipinski definition) is 6. The quantitative estimate of drug-likeness (QED) is 0.449. The molecular formula is C23H30N4O5S. The van der Waals surface area contributed by atoms with E-state index in [4.69, 9.17) is 4.74 Å². The van der Waals surface area contributed by atoms with Gasteiger partial charge >= 0.3 is 0 Å². The molecule has 0 radical (unpaired) electrons. The number of carbonyl (C=O) groups is 2. The van der Waals surface area contributed by atoms with Gasteiger partial charge in [0.2, 0.25) is 5.91 Å². The summed E-state index contributed by atoms with van der Waals surface area (Å²) in [4.78, 5) is 23.8. The van der Waals surface area contributed by atoms with Crippen LogP contribution in [0.4, 0.5) is 11.4 Å². The predicted octanol–water partition coefficient (Wildman–Crippen LogP) is 3.39. The molecular weight excluding hydrogens is 444 g/mol. The Hall–Kier alpha value is -3.40. The van der Waals surface area contributed by atoms with Crippen LogP contribution in [0.25, 0.3) is 0 Å². The Morgan fingerprint density at radius 3 is 2.06 bits per heavy atom. The van der Waals surface area contributed by atoms with Gasteiger partial charge in [-0.05, 0) is 55.5 Å². The second-order valence-electron chi connectivity index (χ2n) is 8.40. The molecule has 0 heterocycles. The number of benzene rings is 2. The third-order valence-electron chi connectivity index (χ3n) is 4.84. The maximum Gasteiger partial charge on any atom is 0.264 e. The van der Waals surface area contributed by atoms with E-state index < -0.39 is 22.5 Å². The van der Waals surface area contributed by atoms with Crippen molar-refractivity contribution in [3.63, 3.8) is 0 Å². The van der Waals surface area contributed by atoms with Crippen LogP contribution in [-0.4, -0.2) is 39.6 Å². The van der Waals surface area contributed by atoms with Crippen molar-refractivity contribution in [2.75, 3.05) is 23.3 Å². The summed E-state index contributed by atoms with van der Waals surface area (Å²) < 4.78 is 33.0. The van der Waals surface area contributed by atoms with Crippen molar-refractivity contribution in [1.29, 1.82) is 0 Å². The molecule has 0 aromatic heterocycles. The topological polar surface area (TPSA) is 117 Å². The fourth-order valence-electron chi connectivity index (χ4n) is 2.58. The third kappa shape index (κ3) is 7.04. The fraction of sp³-hybridized carbons (Fsp3) is 0.348. The summed E-state index contributed by atoms with van der Waals surface area (Å²) in [5.74, 6) is -0.313. The molecule has 2 rings (SSSR count). The SMILES string of the molecule is COc1ccc(N(CC(=O)N/N=C(/C)C(C)(C)C)S(=O)(=O)c2ccc(NC(C)=O)cc2)cc1. The van der Waals surface area contributed by atoms with Crippen molar-refractivity contribution in [1.82, 2.24) is 5.43 Å². The Balaban J connectivity index is 2.39. The van der Waals surface area contributed by atoms with Crippen LogP contribution in [0.5, 0.6) is 5.75 Å². The Morgan fingerprint density at radius 2 is 1.58 bits per heavy atom. The summed E-state index contributed by atoms with van der Waals surface area (Å²) in [6.45, 7) is 8.53. The first kappa shape index (κ1) is 25.9. The molecule has 0 atom stereocenters.